The molecule has 5 nitrogen and oxygen atoms in total. The maximum atomic E-state index is 12.6. The van der Waals surface area contributed by atoms with Gasteiger partial charge in [-0.25, -0.2) is 4.98 Å². The highest BCUT2D eigenvalue weighted by Gasteiger charge is 2.30. The Balaban J connectivity index is 1.82. The molecule has 0 aliphatic heterocycles. The molecule has 0 aliphatic rings. The van der Waals surface area contributed by atoms with Gasteiger partial charge in [0.1, 0.15) is 6.33 Å². The number of hydrogen-bond donors (Lipinski definition) is 1. The van der Waals surface area contributed by atoms with Gasteiger partial charge in [0, 0.05) is 7.05 Å². The number of benzene rings is 1. The Morgan fingerprint density at radius 1 is 1.33 bits per heavy atom. The van der Waals surface area contributed by atoms with Gasteiger partial charge in [0.2, 0.25) is 0 Å². The molecule has 21 heavy (non-hydrogen) atoms. The van der Waals surface area contributed by atoms with Crippen molar-refractivity contribution in [1.29, 1.82) is 0 Å². The van der Waals surface area contributed by atoms with Gasteiger partial charge in [-0.3, -0.25) is 0 Å². The number of aromatic nitrogens is 4. The maximum Gasteiger partial charge on any atom is 0.416 e. The molecule has 1 N–H and O–H groups in total. The highest BCUT2D eigenvalue weighted by Crippen LogP contribution is 2.33. The third kappa shape index (κ3) is 2.82. The predicted octanol–water partition coefficient (Wildman–Crippen LogP) is 3.06. The van der Waals surface area contributed by atoms with Crippen molar-refractivity contribution in [2.75, 3.05) is 5.32 Å². The molecule has 0 aliphatic carbocycles. The third-order valence-corrected chi connectivity index (χ3v) is 3.91. The number of fused-ring (bicyclic) bond motifs is 1. The van der Waals surface area contributed by atoms with Gasteiger partial charge in [0.15, 0.2) is 11.0 Å². The van der Waals surface area contributed by atoms with Crippen molar-refractivity contribution in [3.8, 4) is 0 Å². The molecule has 2 heterocycles. The van der Waals surface area contributed by atoms with E-state index in [1.165, 1.54) is 17.4 Å². The van der Waals surface area contributed by atoms with Crippen molar-refractivity contribution in [3.63, 3.8) is 0 Å². The lowest BCUT2D eigenvalue weighted by molar-refractivity contribution is -0.137. The molecular weight excluding hydrogens is 303 g/mol. The van der Waals surface area contributed by atoms with Crippen LogP contribution < -0.4 is 5.32 Å². The highest BCUT2D eigenvalue weighted by molar-refractivity contribution is 7.22. The number of alkyl halides is 3. The number of anilines is 1. The zero-order chi connectivity index (χ0) is 15.0. The first-order chi connectivity index (χ1) is 9.93. The lowest BCUT2D eigenvalue weighted by Crippen LogP contribution is -2.05. The van der Waals surface area contributed by atoms with Crippen LogP contribution in [0.4, 0.5) is 18.3 Å². The summed E-state index contributed by atoms with van der Waals surface area (Å²) in [6, 6.07) is 3.55. The Morgan fingerprint density at radius 3 is 2.81 bits per heavy atom. The van der Waals surface area contributed by atoms with Gasteiger partial charge in [-0.15, -0.1) is 10.2 Å². The van der Waals surface area contributed by atoms with Crippen LogP contribution in [0.15, 0.2) is 24.5 Å². The molecule has 0 saturated heterocycles. The molecule has 0 fully saturated rings. The Kier molecular flexibility index (Phi) is 3.28. The van der Waals surface area contributed by atoms with Crippen LogP contribution in [0.5, 0.6) is 0 Å². The minimum absolute atomic E-state index is 0.329. The van der Waals surface area contributed by atoms with Crippen molar-refractivity contribution < 1.29 is 13.2 Å². The van der Waals surface area contributed by atoms with E-state index in [1.807, 2.05) is 7.05 Å². The summed E-state index contributed by atoms with van der Waals surface area (Å²) in [6.07, 6.45) is -2.78. The molecule has 2 aromatic heterocycles. The molecule has 0 amide bonds. The monoisotopic (exact) mass is 313 g/mol. The van der Waals surface area contributed by atoms with Crippen LogP contribution >= 0.6 is 11.3 Å². The fraction of sp³-hybridized carbons (Fsp3) is 0.250. The molecule has 3 aromatic rings. The maximum absolute atomic E-state index is 12.6. The van der Waals surface area contributed by atoms with E-state index in [2.05, 4.69) is 20.5 Å². The molecule has 0 bridgehead atoms. The van der Waals surface area contributed by atoms with Gasteiger partial charge < -0.3 is 9.88 Å². The zero-order valence-electron chi connectivity index (χ0n) is 10.8. The smallest absolute Gasteiger partial charge is 0.354 e. The second-order valence-corrected chi connectivity index (χ2v) is 5.44. The number of thiazole rings is 1. The minimum atomic E-state index is -4.36. The van der Waals surface area contributed by atoms with Crippen LogP contribution in [0.1, 0.15) is 11.4 Å². The summed E-state index contributed by atoms with van der Waals surface area (Å²) >= 11 is 1.30. The molecule has 110 valence electrons. The first-order valence-corrected chi connectivity index (χ1v) is 6.79. The number of rotatable bonds is 3. The van der Waals surface area contributed by atoms with Crippen LogP contribution in [-0.2, 0) is 19.8 Å². The summed E-state index contributed by atoms with van der Waals surface area (Å²) in [5, 5.41) is 11.2. The van der Waals surface area contributed by atoms with E-state index >= 15 is 0 Å². The summed E-state index contributed by atoms with van der Waals surface area (Å²) in [7, 11) is 1.81. The van der Waals surface area contributed by atoms with Crippen molar-refractivity contribution in [3.05, 3.63) is 35.9 Å². The standard InChI is InChI=1S/C12H10F3N5S/c1-20-6-17-19-10(20)5-16-11-18-8-4-7(12(13,14)15)2-3-9(8)21-11/h2-4,6H,5H2,1H3,(H,16,18). The average Bonchev–Trinajstić information content (AvgIpc) is 2.99. The largest absolute Gasteiger partial charge is 0.416 e. The van der Waals surface area contributed by atoms with Gasteiger partial charge in [-0.1, -0.05) is 11.3 Å². The van der Waals surface area contributed by atoms with E-state index < -0.39 is 11.7 Å². The highest BCUT2D eigenvalue weighted by atomic mass is 32.1. The second-order valence-electron chi connectivity index (χ2n) is 4.41. The van der Waals surface area contributed by atoms with Gasteiger partial charge >= 0.3 is 6.18 Å². The van der Waals surface area contributed by atoms with Gasteiger partial charge in [0.25, 0.3) is 0 Å². The fourth-order valence-electron chi connectivity index (χ4n) is 1.80. The molecule has 3 rings (SSSR count). The SMILES string of the molecule is Cn1cnnc1CNc1nc2cc(C(F)(F)F)ccc2s1. The lowest BCUT2D eigenvalue weighted by Gasteiger charge is -2.04. The van der Waals surface area contributed by atoms with E-state index in [4.69, 9.17) is 0 Å². The van der Waals surface area contributed by atoms with Crippen molar-refractivity contribution >= 4 is 26.7 Å². The second kappa shape index (κ2) is 4.99. The Bertz CT molecular complexity index is 777. The Morgan fingerprint density at radius 2 is 2.14 bits per heavy atom. The van der Waals surface area contributed by atoms with E-state index in [9.17, 15) is 13.2 Å². The topological polar surface area (TPSA) is 55.6 Å². The fourth-order valence-corrected chi connectivity index (χ4v) is 2.64. The van der Waals surface area contributed by atoms with Crippen LogP contribution in [0.25, 0.3) is 10.2 Å². The number of nitrogens with zero attached hydrogens (tertiary/aromatic N) is 4. The number of nitrogens with one attached hydrogen (secondary N) is 1. The summed E-state index contributed by atoms with van der Waals surface area (Å²) < 4.78 is 40.4. The molecule has 0 atom stereocenters. The van der Waals surface area contributed by atoms with Crippen LogP contribution in [0.2, 0.25) is 0 Å². The summed E-state index contributed by atoms with van der Waals surface area (Å²) in [4.78, 5) is 4.17. The molecule has 1 aromatic carbocycles. The number of aryl methyl sites for hydroxylation is 1. The first kappa shape index (κ1) is 13.8. The van der Waals surface area contributed by atoms with Crippen molar-refractivity contribution in [1.82, 2.24) is 19.7 Å². The Hall–Kier alpha value is -2.16. The van der Waals surface area contributed by atoms with Crippen LogP contribution in [0.3, 0.4) is 0 Å². The molecule has 9 heteroatoms. The van der Waals surface area contributed by atoms with E-state index in [0.717, 1.165) is 12.1 Å². The van der Waals surface area contributed by atoms with Crippen molar-refractivity contribution in [2.24, 2.45) is 7.05 Å². The zero-order valence-corrected chi connectivity index (χ0v) is 11.7. The molecule has 0 saturated carbocycles. The summed E-state index contributed by atoms with van der Waals surface area (Å²) in [5.41, 5.74) is -0.365. The quantitative estimate of drug-likeness (QED) is 0.807. The number of hydrogen-bond acceptors (Lipinski definition) is 5. The molecular formula is C12H10F3N5S. The molecule has 0 spiro atoms. The molecule has 0 radical (unpaired) electrons. The third-order valence-electron chi connectivity index (χ3n) is 2.92. The van der Waals surface area contributed by atoms with Crippen LogP contribution in [-0.4, -0.2) is 19.7 Å². The Labute approximate surface area is 121 Å². The number of halogens is 3. The first-order valence-electron chi connectivity index (χ1n) is 5.98. The predicted molar refractivity (Wildman–Crippen MR) is 73.0 cm³/mol. The van der Waals surface area contributed by atoms with E-state index in [1.54, 1.807) is 10.9 Å². The van der Waals surface area contributed by atoms with Crippen LogP contribution in [0, 0.1) is 0 Å². The van der Waals surface area contributed by atoms with Gasteiger partial charge in [-0.05, 0) is 18.2 Å². The summed E-state index contributed by atoms with van der Waals surface area (Å²) in [5.74, 6) is 0.713. The minimum Gasteiger partial charge on any atom is -0.354 e. The lowest BCUT2D eigenvalue weighted by atomic mass is 10.2. The van der Waals surface area contributed by atoms with E-state index in [-0.39, 0.29) is 0 Å². The van der Waals surface area contributed by atoms with Crippen molar-refractivity contribution in [2.45, 2.75) is 12.7 Å². The molecule has 0 unspecified atom stereocenters. The van der Waals surface area contributed by atoms with Gasteiger partial charge in [0.05, 0.1) is 22.3 Å². The summed E-state index contributed by atoms with van der Waals surface area (Å²) in [6.45, 7) is 0.405. The van der Waals surface area contributed by atoms with E-state index in [0.29, 0.717) is 27.7 Å². The average molecular weight is 313 g/mol. The normalized spacial score (nSPS) is 12.0. The van der Waals surface area contributed by atoms with Gasteiger partial charge in [-0.2, -0.15) is 13.2 Å².